The fourth-order valence-corrected chi connectivity index (χ4v) is 2.83. The van der Waals surface area contributed by atoms with Crippen LogP contribution >= 0.6 is 11.6 Å². The van der Waals surface area contributed by atoms with Gasteiger partial charge in [0.05, 0.1) is 20.2 Å². The predicted molar refractivity (Wildman–Crippen MR) is 116 cm³/mol. The van der Waals surface area contributed by atoms with E-state index in [1.807, 2.05) is 43.3 Å². The second kappa shape index (κ2) is 10.5. The van der Waals surface area contributed by atoms with Gasteiger partial charge in [-0.3, -0.25) is 4.99 Å². The Morgan fingerprint density at radius 1 is 1.17 bits per heavy atom. The highest BCUT2D eigenvalue weighted by Gasteiger charge is 2.11. The van der Waals surface area contributed by atoms with Crippen LogP contribution in [0, 0.1) is 0 Å². The number of hydrogen-bond acceptors (Lipinski definition) is 6. The molecule has 3 rings (SSSR count). The molecule has 1 unspecified atom stereocenters. The maximum absolute atomic E-state index is 6.01. The Bertz CT molecular complexity index is 992. The topological polar surface area (TPSA) is 93.8 Å². The van der Waals surface area contributed by atoms with Crippen LogP contribution in [0.3, 0.4) is 0 Å². The van der Waals surface area contributed by atoms with E-state index in [0.717, 1.165) is 17.1 Å². The molecule has 3 aromatic rings. The second-order valence-electron chi connectivity index (χ2n) is 6.44. The molecule has 0 amide bonds. The number of ether oxygens (including phenoxy) is 2. The summed E-state index contributed by atoms with van der Waals surface area (Å²) >= 11 is 6.01. The highest BCUT2D eigenvalue weighted by Crippen LogP contribution is 2.20. The minimum absolute atomic E-state index is 0.0894. The summed E-state index contributed by atoms with van der Waals surface area (Å²) in [5, 5.41) is 11.0. The van der Waals surface area contributed by atoms with Crippen molar-refractivity contribution in [1.29, 1.82) is 0 Å². The third-order valence-electron chi connectivity index (χ3n) is 4.12. The van der Waals surface area contributed by atoms with E-state index in [-0.39, 0.29) is 6.10 Å². The Morgan fingerprint density at radius 2 is 1.97 bits per heavy atom. The fraction of sp³-hybridized carbons (Fsp3) is 0.286. The molecule has 0 aliphatic heterocycles. The van der Waals surface area contributed by atoms with Gasteiger partial charge in [-0.1, -0.05) is 35.0 Å². The average molecular weight is 430 g/mol. The number of nitrogens with zero attached hydrogens (tertiary/aromatic N) is 3. The summed E-state index contributed by atoms with van der Waals surface area (Å²) < 4.78 is 16.4. The molecule has 0 saturated heterocycles. The first-order valence-corrected chi connectivity index (χ1v) is 9.79. The zero-order valence-electron chi connectivity index (χ0n) is 17.1. The van der Waals surface area contributed by atoms with Gasteiger partial charge in [-0.2, -0.15) is 4.98 Å². The van der Waals surface area contributed by atoms with Gasteiger partial charge < -0.3 is 24.6 Å². The number of hydrogen-bond donors (Lipinski definition) is 2. The average Bonchev–Trinajstić information content (AvgIpc) is 3.23. The third-order valence-corrected chi connectivity index (χ3v) is 4.35. The lowest BCUT2D eigenvalue weighted by molar-refractivity contribution is 0.223. The quantitative estimate of drug-likeness (QED) is 0.418. The first-order valence-electron chi connectivity index (χ1n) is 9.41. The van der Waals surface area contributed by atoms with Crippen LogP contribution < -0.4 is 20.1 Å². The second-order valence-corrected chi connectivity index (χ2v) is 6.87. The predicted octanol–water partition coefficient (Wildman–Crippen LogP) is 3.53. The van der Waals surface area contributed by atoms with Crippen molar-refractivity contribution in [2.24, 2.45) is 4.99 Å². The van der Waals surface area contributed by atoms with E-state index >= 15 is 0 Å². The van der Waals surface area contributed by atoms with Crippen LogP contribution in [0.15, 0.2) is 58.0 Å². The lowest BCUT2D eigenvalue weighted by atomic mass is 10.2. The van der Waals surface area contributed by atoms with Crippen LogP contribution in [0.1, 0.15) is 12.8 Å². The minimum atomic E-state index is -0.0894. The summed E-state index contributed by atoms with van der Waals surface area (Å²) in [5.41, 5.74) is 0.795. The van der Waals surface area contributed by atoms with Gasteiger partial charge in [-0.15, -0.1) is 0 Å². The Hall–Kier alpha value is -3.26. The van der Waals surface area contributed by atoms with E-state index in [1.54, 1.807) is 26.3 Å². The molecular formula is C21H24ClN5O3. The number of nitrogens with one attached hydrogen (secondary N) is 2. The number of benzene rings is 2. The van der Waals surface area contributed by atoms with E-state index in [1.165, 1.54) is 0 Å². The normalized spacial score (nSPS) is 12.3. The molecule has 0 aliphatic carbocycles. The van der Waals surface area contributed by atoms with Gasteiger partial charge in [0, 0.05) is 23.7 Å². The molecule has 30 heavy (non-hydrogen) atoms. The van der Waals surface area contributed by atoms with Gasteiger partial charge in [0.15, 0.2) is 5.96 Å². The third kappa shape index (κ3) is 6.12. The molecule has 0 radical (unpaired) electrons. The number of methoxy groups -OCH3 is 1. The van der Waals surface area contributed by atoms with Crippen molar-refractivity contribution in [3.8, 4) is 22.9 Å². The summed E-state index contributed by atoms with van der Waals surface area (Å²) in [6.45, 7) is 2.85. The summed E-state index contributed by atoms with van der Waals surface area (Å²) in [6, 6.07) is 14.8. The van der Waals surface area contributed by atoms with Gasteiger partial charge in [0.1, 0.15) is 17.6 Å². The lowest BCUT2D eigenvalue weighted by Crippen LogP contribution is -2.41. The van der Waals surface area contributed by atoms with Crippen LogP contribution in [0.4, 0.5) is 0 Å². The van der Waals surface area contributed by atoms with Crippen molar-refractivity contribution in [2.45, 2.75) is 19.6 Å². The molecule has 0 fully saturated rings. The van der Waals surface area contributed by atoms with Crippen LogP contribution in [0.5, 0.6) is 11.5 Å². The van der Waals surface area contributed by atoms with Crippen molar-refractivity contribution < 1.29 is 14.0 Å². The number of aliphatic imine (C=N–C) groups is 1. The molecule has 0 bridgehead atoms. The number of guanidine groups is 1. The van der Waals surface area contributed by atoms with Crippen LogP contribution in [-0.4, -0.2) is 42.9 Å². The van der Waals surface area contributed by atoms with E-state index in [0.29, 0.717) is 35.8 Å². The molecule has 1 atom stereocenters. The summed E-state index contributed by atoms with van der Waals surface area (Å²) in [4.78, 5) is 8.57. The molecule has 0 aliphatic rings. The maximum Gasteiger partial charge on any atom is 0.246 e. The van der Waals surface area contributed by atoms with Crippen molar-refractivity contribution in [1.82, 2.24) is 20.8 Å². The van der Waals surface area contributed by atoms with Crippen molar-refractivity contribution in [3.63, 3.8) is 0 Å². The number of halogens is 1. The molecule has 2 N–H and O–H groups in total. The highest BCUT2D eigenvalue weighted by atomic mass is 35.5. The zero-order chi connectivity index (χ0) is 21.3. The van der Waals surface area contributed by atoms with Crippen LogP contribution in [0.25, 0.3) is 11.4 Å². The smallest absolute Gasteiger partial charge is 0.246 e. The summed E-state index contributed by atoms with van der Waals surface area (Å²) in [5.74, 6) is 3.01. The van der Waals surface area contributed by atoms with Crippen LogP contribution in [0.2, 0.25) is 5.02 Å². The molecule has 0 saturated carbocycles. The van der Waals surface area contributed by atoms with Gasteiger partial charge in [0.2, 0.25) is 11.7 Å². The van der Waals surface area contributed by atoms with Gasteiger partial charge in [0.25, 0.3) is 0 Å². The Kier molecular flexibility index (Phi) is 7.51. The van der Waals surface area contributed by atoms with E-state index < -0.39 is 0 Å². The standard InChI is InChI=1S/C21H24ClN5O3/c1-14(29-18-9-5-8-17(11-18)28-3)12-24-21(23-2)25-13-19-26-20(27-30-19)15-6-4-7-16(22)10-15/h4-11,14H,12-13H2,1-3H3,(H2,23,24,25). The van der Waals surface area contributed by atoms with Crippen molar-refractivity contribution >= 4 is 17.6 Å². The molecule has 0 spiro atoms. The summed E-state index contributed by atoms with van der Waals surface area (Å²) in [7, 11) is 3.31. The zero-order valence-corrected chi connectivity index (χ0v) is 17.8. The first kappa shape index (κ1) is 21.4. The van der Waals surface area contributed by atoms with Gasteiger partial charge >= 0.3 is 0 Å². The van der Waals surface area contributed by atoms with Gasteiger partial charge in [-0.25, -0.2) is 0 Å². The largest absolute Gasteiger partial charge is 0.497 e. The van der Waals surface area contributed by atoms with E-state index in [9.17, 15) is 0 Å². The molecule has 9 heteroatoms. The molecule has 1 heterocycles. The number of rotatable bonds is 8. The van der Waals surface area contributed by atoms with Gasteiger partial charge in [-0.05, 0) is 31.2 Å². The Morgan fingerprint density at radius 3 is 2.73 bits per heavy atom. The SMILES string of the molecule is CN=C(NCc1nc(-c2cccc(Cl)c2)no1)NCC(C)Oc1cccc(OC)c1. The Balaban J connectivity index is 1.48. The monoisotopic (exact) mass is 429 g/mol. The molecule has 1 aromatic heterocycles. The lowest BCUT2D eigenvalue weighted by Gasteiger charge is -2.17. The van der Waals surface area contributed by atoms with Crippen LogP contribution in [-0.2, 0) is 6.54 Å². The molecule has 158 valence electrons. The fourth-order valence-electron chi connectivity index (χ4n) is 2.64. The van der Waals surface area contributed by atoms with Crippen molar-refractivity contribution in [2.75, 3.05) is 20.7 Å². The summed E-state index contributed by atoms with van der Waals surface area (Å²) in [6.07, 6.45) is -0.0894. The molecule has 2 aromatic carbocycles. The van der Waals surface area contributed by atoms with Crippen molar-refractivity contribution in [3.05, 3.63) is 59.4 Å². The van der Waals surface area contributed by atoms with E-state index in [4.69, 9.17) is 25.6 Å². The molecular weight excluding hydrogens is 406 g/mol. The Labute approximate surface area is 180 Å². The number of aromatic nitrogens is 2. The molecule has 8 nitrogen and oxygen atoms in total. The minimum Gasteiger partial charge on any atom is -0.497 e. The van der Waals surface area contributed by atoms with E-state index in [2.05, 4.69) is 25.8 Å². The highest BCUT2D eigenvalue weighted by molar-refractivity contribution is 6.30. The maximum atomic E-state index is 6.01. The first-order chi connectivity index (χ1) is 14.6.